The molecule has 3 rings (SSSR count). The van der Waals surface area contributed by atoms with Crippen LogP contribution in [0.3, 0.4) is 0 Å². The Labute approximate surface area is 125 Å². The lowest BCUT2D eigenvalue weighted by molar-refractivity contribution is 0.313. The van der Waals surface area contributed by atoms with Gasteiger partial charge in [-0.1, -0.05) is 36.5 Å². The molecule has 4 heteroatoms. The molecule has 0 spiro atoms. The van der Waals surface area contributed by atoms with Crippen molar-refractivity contribution in [2.45, 2.75) is 0 Å². The second-order valence-electron chi connectivity index (χ2n) is 5.33. The molecule has 1 fully saturated rings. The first-order valence-electron chi connectivity index (χ1n) is 6.92. The van der Waals surface area contributed by atoms with Gasteiger partial charge in [-0.25, -0.2) is 0 Å². The van der Waals surface area contributed by atoms with Crippen LogP contribution in [-0.4, -0.2) is 43.1 Å². The Balaban J connectivity index is 2.08. The molecular weight excluding hydrogens is 266 g/mol. The van der Waals surface area contributed by atoms with Crippen molar-refractivity contribution in [1.29, 1.82) is 0 Å². The average molecular weight is 285 g/mol. The molecule has 2 aromatic rings. The number of anilines is 1. The topological polar surface area (TPSA) is 32.5 Å². The van der Waals surface area contributed by atoms with Gasteiger partial charge >= 0.3 is 0 Å². The molecule has 20 heavy (non-hydrogen) atoms. The van der Waals surface area contributed by atoms with E-state index < -0.39 is 0 Å². The zero-order valence-electron chi connectivity index (χ0n) is 11.7. The summed E-state index contributed by atoms with van der Waals surface area (Å²) < 4.78 is 0. The van der Waals surface area contributed by atoms with Gasteiger partial charge in [-0.15, -0.1) is 0 Å². The first-order valence-corrected chi connectivity index (χ1v) is 7.32. The Kier molecular flexibility index (Phi) is 3.59. The summed E-state index contributed by atoms with van der Waals surface area (Å²) >= 11 is 5.16. The van der Waals surface area contributed by atoms with Crippen LogP contribution in [0.2, 0.25) is 0 Å². The normalized spacial score (nSPS) is 16.6. The summed E-state index contributed by atoms with van der Waals surface area (Å²) in [5.41, 5.74) is 8.09. The molecule has 3 nitrogen and oxygen atoms in total. The van der Waals surface area contributed by atoms with E-state index in [0.29, 0.717) is 4.99 Å². The second kappa shape index (κ2) is 5.38. The third kappa shape index (κ3) is 2.37. The van der Waals surface area contributed by atoms with Crippen LogP contribution in [-0.2, 0) is 0 Å². The van der Waals surface area contributed by atoms with Crippen LogP contribution >= 0.6 is 12.2 Å². The quantitative estimate of drug-likeness (QED) is 0.858. The maximum Gasteiger partial charge on any atom is 0.104 e. The van der Waals surface area contributed by atoms with Crippen molar-refractivity contribution in [3.05, 3.63) is 42.0 Å². The zero-order chi connectivity index (χ0) is 14.1. The van der Waals surface area contributed by atoms with Gasteiger partial charge in [-0.05, 0) is 24.6 Å². The number of benzene rings is 2. The molecule has 0 saturated carbocycles. The second-order valence-corrected chi connectivity index (χ2v) is 5.77. The van der Waals surface area contributed by atoms with E-state index in [1.54, 1.807) is 0 Å². The van der Waals surface area contributed by atoms with Gasteiger partial charge in [0, 0.05) is 42.8 Å². The summed E-state index contributed by atoms with van der Waals surface area (Å²) in [4.78, 5) is 5.28. The minimum absolute atomic E-state index is 0.464. The van der Waals surface area contributed by atoms with Crippen molar-refractivity contribution in [1.82, 2.24) is 4.90 Å². The fraction of sp³-hybridized carbons (Fsp3) is 0.312. The van der Waals surface area contributed by atoms with E-state index in [1.165, 1.54) is 11.1 Å². The molecule has 104 valence electrons. The zero-order valence-corrected chi connectivity index (χ0v) is 12.5. The molecule has 2 N–H and O–H groups in total. The van der Waals surface area contributed by atoms with Crippen molar-refractivity contribution in [3.8, 4) is 0 Å². The molecule has 1 heterocycles. The molecule has 0 bridgehead atoms. The Bertz CT molecular complexity index is 645. The lowest BCUT2D eigenvalue weighted by Gasteiger charge is -2.34. The van der Waals surface area contributed by atoms with E-state index in [2.05, 4.69) is 47.2 Å². The summed E-state index contributed by atoms with van der Waals surface area (Å²) in [5, 5.41) is 2.39. The number of hydrogen-bond donors (Lipinski definition) is 1. The van der Waals surface area contributed by atoms with Gasteiger partial charge < -0.3 is 15.5 Å². The third-order valence-electron chi connectivity index (χ3n) is 4.01. The first-order chi connectivity index (χ1) is 9.66. The summed E-state index contributed by atoms with van der Waals surface area (Å²) in [5.74, 6) is 0. The molecule has 0 atom stereocenters. The van der Waals surface area contributed by atoms with Crippen LogP contribution in [0.15, 0.2) is 36.4 Å². The Morgan fingerprint density at radius 2 is 1.65 bits per heavy atom. The molecule has 1 aliphatic rings. The third-order valence-corrected chi connectivity index (χ3v) is 4.23. The summed E-state index contributed by atoms with van der Waals surface area (Å²) in [6.45, 7) is 4.33. The average Bonchev–Trinajstić information content (AvgIpc) is 2.47. The van der Waals surface area contributed by atoms with Gasteiger partial charge in [0.2, 0.25) is 0 Å². The van der Waals surface area contributed by atoms with Crippen LogP contribution in [0.4, 0.5) is 5.69 Å². The maximum atomic E-state index is 5.84. The van der Waals surface area contributed by atoms with Gasteiger partial charge in [0.25, 0.3) is 0 Å². The number of rotatable bonds is 2. The molecule has 0 unspecified atom stereocenters. The number of fused-ring (bicyclic) bond motifs is 1. The van der Waals surface area contributed by atoms with E-state index >= 15 is 0 Å². The van der Waals surface area contributed by atoms with Gasteiger partial charge in [0.05, 0.1) is 0 Å². The predicted molar refractivity (Wildman–Crippen MR) is 89.5 cm³/mol. The maximum absolute atomic E-state index is 5.84. The van der Waals surface area contributed by atoms with Crippen molar-refractivity contribution in [3.63, 3.8) is 0 Å². The molecule has 0 radical (unpaired) electrons. The lowest BCUT2D eigenvalue weighted by atomic mass is 10.0. The summed E-state index contributed by atoms with van der Waals surface area (Å²) in [6.07, 6.45) is 0. The number of hydrogen-bond acceptors (Lipinski definition) is 3. The predicted octanol–water partition coefficient (Wildman–Crippen LogP) is 2.23. The molecule has 1 saturated heterocycles. The molecule has 0 amide bonds. The van der Waals surface area contributed by atoms with Crippen LogP contribution in [0.25, 0.3) is 10.8 Å². The number of likely N-dealkylation sites (N-methyl/N-ethyl adjacent to an activating group) is 1. The molecule has 0 aliphatic carbocycles. The Morgan fingerprint density at radius 3 is 2.30 bits per heavy atom. The number of nitrogens with two attached hydrogens (primary N) is 1. The molecule has 1 aliphatic heterocycles. The van der Waals surface area contributed by atoms with Gasteiger partial charge in [0.1, 0.15) is 4.99 Å². The monoisotopic (exact) mass is 285 g/mol. The van der Waals surface area contributed by atoms with Gasteiger partial charge in [-0.3, -0.25) is 0 Å². The van der Waals surface area contributed by atoms with Crippen molar-refractivity contribution in [2.24, 2.45) is 5.73 Å². The Hall–Kier alpha value is -1.65. The highest BCUT2D eigenvalue weighted by Gasteiger charge is 2.17. The summed E-state index contributed by atoms with van der Waals surface area (Å²) in [6, 6.07) is 12.6. The highest BCUT2D eigenvalue weighted by molar-refractivity contribution is 7.80. The van der Waals surface area contributed by atoms with Crippen LogP contribution < -0.4 is 10.6 Å². The molecule has 0 aromatic heterocycles. The van der Waals surface area contributed by atoms with Crippen LogP contribution in [0.5, 0.6) is 0 Å². The lowest BCUT2D eigenvalue weighted by Crippen LogP contribution is -2.44. The fourth-order valence-corrected chi connectivity index (χ4v) is 3.00. The highest BCUT2D eigenvalue weighted by Crippen LogP contribution is 2.30. The minimum Gasteiger partial charge on any atom is -0.389 e. The number of piperazine rings is 1. The largest absolute Gasteiger partial charge is 0.389 e. The minimum atomic E-state index is 0.464. The fourth-order valence-electron chi connectivity index (χ4n) is 2.82. The smallest absolute Gasteiger partial charge is 0.104 e. The highest BCUT2D eigenvalue weighted by atomic mass is 32.1. The first kappa shape index (κ1) is 13.3. The van der Waals surface area contributed by atoms with Crippen LogP contribution in [0, 0.1) is 0 Å². The molecule has 2 aromatic carbocycles. The molecular formula is C16H19N3S. The van der Waals surface area contributed by atoms with Crippen molar-refractivity contribution >= 4 is 33.7 Å². The van der Waals surface area contributed by atoms with E-state index in [-0.39, 0.29) is 0 Å². The van der Waals surface area contributed by atoms with E-state index in [9.17, 15) is 0 Å². The van der Waals surface area contributed by atoms with Crippen LogP contribution in [0.1, 0.15) is 5.56 Å². The van der Waals surface area contributed by atoms with E-state index in [4.69, 9.17) is 18.0 Å². The van der Waals surface area contributed by atoms with Gasteiger partial charge in [0.15, 0.2) is 0 Å². The Morgan fingerprint density at radius 1 is 1.00 bits per heavy atom. The van der Waals surface area contributed by atoms with Crippen molar-refractivity contribution in [2.75, 3.05) is 38.1 Å². The van der Waals surface area contributed by atoms with Gasteiger partial charge in [-0.2, -0.15) is 0 Å². The standard InChI is InChI=1S/C16H19N3S/c1-18-8-10-19(11-9-18)15-7-6-14(16(17)20)12-4-2-3-5-13(12)15/h2-7H,8-11H2,1H3,(H2,17,20). The SMILES string of the molecule is CN1CCN(c2ccc(C(N)=S)c3ccccc23)CC1. The van der Waals surface area contributed by atoms with E-state index in [0.717, 1.165) is 37.1 Å². The summed E-state index contributed by atoms with van der Waals surface area (Å²) in [7, 11) is 2.17. The number of nitrogens with zero attached hydrogens (tertiary/aromatic N) is 2. The number of thiocarbonyl (C=S) groups is 1. The van der Waals surface area contributed by atoms with E-state index in [1.807, 2.05) is 6.07 Å². The van der Waals surface area contributed by atoms with Crippen molar-refractivity contribution < 1.29 is 0 Å².